The lowest BCUT2D eigenvalue weighted by atomic mass is 10.2. The molecule has 17 heavy (non-hydrogen) atoms. The van der Waals surface area contributed by atoms with Crippen LogP contribution < -0.4 is 4.90 Å². The molecule has 0 fully saturated rings. The summed E-state index contributed by atoms with van der Waals surface area (Å²) in [6, 6.07) is 0. The van der Waals surface area contributed by atoms with E-state index in [-0.39, 0.29) is 11.7 Å². The van der Waals surface area contributed by atoms with Crippen LogP contribution in [0.2, 0.25) is 0 Å². The number of aliphatic carboxylic acids is 1. The van der Waals surface area contributed by atoms with Crippen LogP contribution in [0.5, 0.6) is 0 Å². The summed E-state index contributed by atoms with van der Waals surface area (Å²) in [6.07, 6.45) is -3.66. The van der Waals surface area contributed by atoms with E-state index in [0.717, 1.165) is 6.20 Å². The van der Waals surface area contributed by atoms with Gasteiger partial charge in [-0.1, -0.05) is 18.3 Å². The summed E-state index contributed by atoms with van der Waals surface area (Å²) in [5, 5.41) is 8.85. The number of aromatic nitrogens is 1. The largest absolute Gasteiger partial charge is 0.481 e. The number of carboxylic acid groups (broad SMARTS) is 1. The predicted octanol–water partition coefficient (Wildman–Crippen LogP) is 2.32. The molecule has 1 rings (SSSR count). The maximum Gasteiger partial charge on any atom is 0.427 e. The third-order valence-electron chi connectivity index (χ3n) is 2.07. The summed E-state index contributed by atoms with van der Waals surface area (Å²) in [4.78, 5) is 14.8. The number of hydrogen-bond donors (Lipinski definition) is 1. The van der Waals surface area contributed by atoms with Crippen LogP contribution in [0.1, 0.15) is 11.8 Å². The van der Waals surface area contributed by atoms with Gasteiger partial charge < -0.3 is 10.0 Å². The van der Waals surface area contributed by atoms with Crippen molar-refractivity contribution in [1.29, 1.82) is 0 Å². The Labute approximate surface area is 99.7 Å². The number of hydrogen-bond acceptors (Lipinski definition) is 4. The van der Waals surface area contributed by atoms with Gasteiger partial charge in [0, 0.05) is 13.6 Å². The van der Waals surface area contributed by atoms with Crippen LogP contribution in [0.3, 0.4) is 0 Å². The second kappa shape index (κ2) is 4.91. The van der Waals surface area contributed by atoms with Gasteiger partial charge in [0.1, 0.15) is 4.88 Å². The summed E-state index contributed by atoms with van der Waals surface area (Å²) in [7, 11) is 1.51. The zero-order valence-corrected chi connectivity index (χ0v) is 9.97. The molecule has 1 aromatic rings. The van der Waals surface area contributed by atoms with Gasteiger partial charge in [0.25, 0.3) is 0 Å². The van der Waals surface area contributed by atoms with Gasteiger partial charge in [-0.2, -0.15) is 13.2 Å². The van der Waals surface area contributed by atoms with Crippen molar-refractivity contribution in [3.8, 4) is 0 Å². The van der Waals surface area contributed by atoms with E-state index in [1.54, 1.807) is 0 Å². The minimum Gasteiger partial charge on any atom is -0.481 e. The molecular formula is C9H11F3N2O2S. The second-order valence-electron chi connectivity index (χ2n) is 3.62. The van der Waals surface area contributed by atoms with Crippen molar-refractivity contribution in [3.05, 3.63) is 11.1 Å². The summed E-state index contributed by atoms with van der Waals surface area (Å²) < 4.78 is 36.9. The molecule has 4 nitrogen and oxygen atoms in total. The van der Waals surface area contributed by atoms with E-state index in [0.29, 0.717) is 11.3 Å². The van der Waals surface area contributed by atoms with Crippen LogP contribution in [-0.2, 0) is 11.0 Å². The van der Waals surface area contributed by atoms with Crippen LogP contribution in [0.4, 0.5) is 18.3 Å². The normalized spacial score (nSPS) is 13.5. The monoisotopic (exact) mass is 268 g/mol. The molecule has 1 heterocycles. The zero-order chi connectivity index (χ0) is 13.2. The molecular weight excluding hydrogens is 257 g/mol. The standard InChI is InChI=1S/C9H11F3N2O2S/c1-5(7(15)16)4-14(2)8-13-3-6(17-8)9(10,11)12/h3,5H,4H2,1-2H3,(H,15,16). The molecule has 1 aromatic heterocycles. The number of rotatable bonds is 4. The van der Waals surface area contributed by atoms with E-state index < -0.39 is 22.9 Å². The third kappa shape index (κ3) is 3.58. The molecule has 96 valence electrons. The SMILES string of the molecule is CC(CN(C)c1ncc(C(F)(F)F)s1)C(=O)O. The van der Waals surface area contributed by atoms with Crippen LogP contribution in [0, 0.1) is 5.92 Å². The Hall–Kier alpha value is -1.31. The molecule has 0 radical (unpaired) electrons. The lowest BCUT2D eigenvalue weighted by Crippen LogP contribution is -2.28. The van der Waals surface area contributed by atoms with Crippen molar-refractivity contribution in [3.63, 3.8) is 0 Å². The number of carboxylic acids is 1. The molecule has 0 aliphatic rings. The first-order valence-electron chi connectivity index (χ1n) is 4.68. The van der Waals surface area contributed by atoms with Crippen molar-refractivity contribution >= 4 is 22.4 Å². The van der Waals surface area contributed by atoms with Crippen molar-refractivity contribution in [2.24, 2.45) is 5.92 Å². The summed E-state index contributed by atoms with van der Waals surface area (Å²) in [5.41, 5.74) is 0. The Morgan fingerprint density at radius 1 is 1.65 bits per heavy atom. The zero-order valence-electron chi connectivity index (χ0n) is 9.15. The number of halogens is 3. The first-order chi connectivity index (χ1) is 7.71. The third-order valence-corrected chi connectivity index (χ3v) is 3.23. The van der Waals surface area contributed by atoms with Crippen molar-refractivity contribution in [1.82, 2.24) is 4.98 Å². The molecule has 0 aliphatic heterocycles. The lowest BCUT2D eigenvalue weighted by molar-refractivity contribution is -0.140. The predicted molar refractivity (Wildman–Crippen MR) is 57.2 cm³/mol. The minimum absolute atomic E-state index is 0.111. The van der Waals surface area contributed by atoms with Crippen LogP contribution in [-0.4, -0.2) is 29.7 Å². The number of nitrogens with zero attached hydrogens (tertiary/aromatic N) is 2. The summed E-state index contributed by atoms with van der Waals surface area (Å²) in [6.45, 7) is 1.59. The molecule has 0 aromatic carbocycles. The Morgan fingerprint density at radius 2 is 2.24 bits per heavy atom. The van der Waals surface area contributed by atoms with Gasteiger partial charge in [-0.15, -0.1) is 0 Å². The fraction of sp³-hybridized carbons (Fsp3) is 0.556. The van der Waals surface area contributed by atoms with E-state index in [4.69, 9.17) is 5.11 Å². The fourth-order valence-electron chi connectivity index (χ4n) is 1.14. The van der Waals surface area contributed by atoms with Gasteiger partial charge in [-0.05, 0) is 0 Å². The Balaban J connectivity index is 2.74. The van der Waals surface area contributed by atoms with Gasteiger partial charge in [-0.25, -0.2) is 4.98 Å². The van der Waals surface area contributed by atoms with Gasteiger partial charge in [-0.3, -0.25) is 4.79 Å². The molecule has 1 unspecified atom stereocenters. The smallest absolute Gasteiger partial charge is 0.427 e. The fourth-order valence-corrected chi connectivity index (χ4v) is 1.89. The van der Waals surface area contributed by atoms with Crippen LogP contribution >= 0.6 is 11.3 Å². The Bertz CT molecular complexity index is 405. The highest BCUT2D eigenvalue weighted by Gasteiger charge is 2.33. The Kier molecular flexibility index (Phi) is 3.97. The Morgan fingerprint density at radius 3 is 2.65 bits per heavy atom. The first kappa shape index (κ1) is 13.8. The number of alkyl halides is 3. The van der Waals surface area contributed by atoms with Crippen molar-refractivity contribution in [2.75, 3.05) is 18.5 Å². The highest BCUT2D eigenvalue weighted by molar-refractivity contribution is 7.15. The van der Waals surface area contributed by atoms with E-state index >= 15 is 0 Å². The average Bonchev–Trinajstić information content (AvgIpc) is 2.65. The van der Waals surface area contributed by atoms with E-state index in [1.807, 2.05) is 0 Å². The van der Waals surface area contributed by atoms with Crippen molar-refractivity contribution < 1.29 is 23.1 Å². The highest BCUT2D eigenvalue weighted by atomic mass is 32.1. The molecule has 0 bridgehead atoms. The molecule has 0 spiro atoms. The number of anilines is 1. The molecule has 0 saturated carbocycles. The molecule has 1 N–H and O–H groups in total. The summed E-state index contributed by atoms with van der Waals surface area (Å²) >= 11 is 0.499. The van der Waals surface area contributed by atoms with Gasteiger partial charge in [0.15, 0.2) is 5.13 Å². The molecule has 0 aliphatic carbocycles. The quantitative estimate of drug-likeness (QED) is 0.910. The number of thiazole rings is 1. The topological polar surface area (TPSA) is 53.4 Å². The summed E-state index contributed by atoms with van der Waals surface area (Å²) in [5.74, 6) is -1.66. The van der Waals surface area contributed by atoms with Gasteiger partial charge in [0.2, 0.25) is 0 Å². The molecule has 0 amide bonds. The van der Waals surface area contributed by atoms with Gasteiger partial charge in [0.05, 0.1) is 12.1 Å². The molecule has 8 heteroatoms. The molecule has 1 atom stereocenters. The molecule has 0 saturated heterocycles. The van der Waals surface area contributed by atoms with E-state index in [2.05, 4.69) is 4.98 Å². The minimum atomic E-state index is -4.41. The van der Waals surface area contributed by atoms with E-state index in [9.17, 15) is 18.0 Å². The maximum atomic E-state index is 12.3. The van der Waals surface area contributed by atoms with Crippen LogP contribution in [0.15, 0.2) is 6.20 Å². The average molecular weight is 268 g/mol. The van der Waals surface area contributed by atoms with Crippen LogP contribution in [0.25, 0.3) is 0 Å². The van der Waals surface area contributed by atoms with E-state index in [1.165, 1.54) is 18.9 Å². The second-order valence-corrected chi connectivity index (χ2v) is 4.63. The first-order valence-corrected chi connectivity index (χ1v) is 5.50. The maximum absolute atomic E-state index is 12.3. The number of carbonyl (C=O) groups is 1. The lowest BCUT2D eigenvalue weighted by Gasteiger charge is -2.17. The van der Waals surface area contributed by atoms with Crippen molar-refractivity contribution in [2.45, 2.75) is 13.1 Å². The highest BCUT2D eigenvalue weighted by Crippen LogP contribution is 2.36. The van der Waals surface area contributed by atoms with Gasteiger partial charge >= 0.3 is 12.1 Å².